The molecule has 0 heterocycles. The van der Waals surface area contributed by atoms with Gasteiger partial charge in [-0.15, -0.1) is 0 Å². The maximum atomic E-state index is 9.37. The third kappa shape index (κ3) is 22.8. The van der Waals surface area contributed by atoms with Gasteiger partial charge in [0.2, 0.25) is 0 Å². The van der Waals surface area contributed by atoms with Gasteiger partial charge in [0.15, 0.2) is 5.96 Å². The topological polar surface area (TPSA) is 113 Å². The molecule has 5 nitrogen and oxygen atoms in total. The highest BCUT2D eigenvalue weighted by Gasteiger charge is 1.80. The van der Waals surface area contributed by atoms with Gasteiger partial charge >= 0.3 is 5.97 Å². The molecule has 6 N–H and O–H groups in total. The molecule has 0 bridgehead atoms. The molecule has 1 aromatic carbocycles. The summed E-state index contributed by atoms with van der Waals surface area (Å²) in [7, 11) is 0. The van der Waals surface area contributed by atoms with E-state index in [0.717, 1.165) is 5.02 Å². The minimum Gasteiger partial charge on any atom is -0.481 e. The number of rotatable bonds is 1. The fourth-order valence-corrected chi connectivity index (χ4v) is 0.560. The molecule has 0 saturated carbocycles. The van der Waals surface area contributed by atoms with E-state index >= 15 is 0 Å². The van der Waals surface area contributed by atoms with Crippen LogP contribution in [0.3, 0.4) is 0 Å². The molecule has 90 valence electrons. The van der Waals surface area contributed by atoms with Crippen LogP contribution in [-0.4, -0.2) is 17.0 Å². The molecule has 0 aliphatic rings. The Kier molecular flexibility index (Phi) is 11.8. The normalized spacial score (nSPS) is 7.62. The second-order valence-electron chi connectivity index (χ2n) is 2.50. The number of halogens is 1. The van der Waals surface area contributed by atoms with Gasteiger partial charge in [-0.25, -0.2) is 0 Å². The molecular weight excluding hydrogens is 230 g/mol. The van der Waals surface area contributed by atoms with Crippen molar-refractivity contribution in [1.29, 1.82) is 5.41 Å². The molecule has 6 heteroatoms. The van der Waals surface area contributed by atoms with E-state index in [2.05, 4.69) is 11.5 Å². The first kappa shape index (κ1) is 16.7. The van der Waals surface area contributed by atoms with Crippen LogP contribution in [0.25, 0.3) is 0 Å². The van der Waals surface area contributed by atoms with Crippen LogP contribution < -0.4 is 11.5 Å². The molecule has 1 rings (SSSR count). The number of aliphatic carboxylic acids is 1. The molecule has 0 atom stereocenters. The fraction of sp³-hybridized carbons (Fsp3) is 0.200. The van der Waals surface area contributed by atoms with Crippen LogP contribution in [0.5, 0.6) is 0 Å². The highest BCUT2D eigenvalue weighted by Crippen LogP contribution is 2.03. The first-order valence-electron chi connectivity index (χ1n) is 4.42. The second kappa shape index (κ2) is 11.3. The SMILES string of the molecule is CCC(=O)O.Clc1ccccc1.N=C(N)N. The van der Waals surface area contributed by atoms with Crippen LogP contribution in [0.15, 0.2) is 30.3 Å². The summed E-state index contributed by atoms with van der Waals surface area (Å²) in [5.74, 6) is -1.08. The van der Waals surface area contributed by atoms with E-state index in [9.17, 15) is 4.79 Å². The van der Waals surface area contributed by atoms with Gasteiger partial charge in [0.25, 0.3) is 0 Å². The van der Waals surface area contributed by atoms with Crippen LogP contribution in [0, 0.1) is 5.41 Å². The summed E-state index contributed by atoms with van der Waals surface area (Å²) < 4.78 is 0. The van der Waals surface area contributed by atoms with E-state index in [1.54, 1.807) is 6.92 Å². The largest absolute Gasteiger partial charge is 0.481 e. The first-order valence-corrected chi connectivity index (χ1v) is 4.79. The first-order chi connectivity index (χ1) is 7.40. The molecule has 0 spiro atoms. The van der Waals surface area contributed by atoms with Gasteiger partial charge in [-0.2, -0.15) is 0 Å². The van der Waals surface area contributed by atoms with Gasteiger partial charge in [-0.05, 0) is 12.1 Å². The Hall–Kier alpha value is -1.75. The Labute approximate surface area is 99.5 Å². The third-order valence-corrected chi connectivity index (χ3v) is 1.29. The molecule has 0 aliphatic heterocycles. The summed E-state index contributed by atoms with van der Waals surface area (Å²) in [5, 5.41) is 14.6. The van der Waals surface area contributed by atoms with Crippen LogP contribution in [-0.2, 0) is 4.79 Å². The van der Waals surface area contributed by atoms with Crippen molar-refractivity contribution in [2.45, 2.75) is 13.3 Å². The summed E-state index contributed by atoms with van der Waals surface area (Å²) in [6.45, 7) is 1.60. The van der Waals surface area contributed by atoms with Crippen LogP contribution in [0.4, 0.5) is 0 Å². The van der Waals surface area contributed by atoms with Crippen LogP contribution >= 0.6 is 11.6 Å². The number of hydrogen-bond acceptors (Lipinski definition) is 2. The summed E-state index contributed by atoms with van der Waals surface area (Å²) in [5.41, 5.74) is 8.94. The Morgan fingerprint density at radius 3 is 1.81 bits per heavy atom. The van der Waals surface area contributed by atoms with Crippen molar-refractivity contribution < 1.29 is 9.90 Å². The standard InChI is InChI=1S/C6H5Cl.C3H6O2.CH5N3/c7-6-4-2-1-3-5-6;1-2-3(4)5;2-1(3)4/h1-5H;2H2,1H3,(H,4,5);(H5,2,3,4). The monoisotopic (exact) mass is 245 g/mol. The van der Waals surface area contributed by atoms with Crippen molar-refractivity contribution in [3.63, 3.8) is 0 Å². The lowest BCUT2D eigenvalue weighted by Gasteiger charge is -1.80. The van der Waals surface area contributed by atoms with Gasteiger partial charge in [-0.3, -0.25) is 10.2 Å². The van der Waals surface area contributed by atoms with Crippen molar-refractivity contribution in [3.8, 4) is 0 Å². The molecule has 0 fully saturated rings. The van der Waals surface area contributed by atoms with Gasteiger partial charge in [0.05, 0.1) is 0 Å². The van der Waals surface area contributed by atoms with Crippen molar-refractivity contribution in [1.82, 2.24) is 0 Å². The predicted molar refractivity (Wildman–Crippen MR) is 65.5 cm³/mol. The average Bonchev–Trinajstić information content (AvgIpc) is 2.19. The maximum Gasteiger partial charge on any atom is 0.303 e. The van der Waals surface area contributed by atoms with Gasteiger partial charge in [-0.1, -0.05) is 36.7 Å². The number of benzene rings is 1. The summed E-state index contributed by atoms with van der Waals surface area (Å²) in [4.78, 5) is 9.37. The number of nitrogens with two attached hydrogens (primary N) is 2. The number of hydrogen-bond donors (Lipinski definition) is 4. The maximum absolute atomic E-state index is 9.37. The van der Waals surface area contributed by atoms with Crippen molar-refractivity contribution >= 4 is 23.5 Å². The average molecular weight is 246 g/mol. The highest BCUT2D eigenvalue weighted by atomic mass is 35.5. The Bertz CT molecular complexity index is 300. The minimum absolute atomic E-state index is 0.222. The number of carbonyl (C=O) groups is 1. The molecule has 0 radical (unpaired) electrons. The van der Waals surface area contributed by atoms with E-state index in [1.807, 2.05) is 30.3 Å². The number of nitrogens with one attached hydrogen (secondary N) is 1. The molecule has 0 amide bonds. The lowest BCUT2D eigenvalue weighted by molar-refractivity contribution is -0.136. The van der Waals surface area contributed by atoms with E-state index in [-0.39, 0.29) is 12.4 Å². The molecule has 1 aromatic rings. The summed E-state index contributed by atoms with van der Waals surface area (Å²) >= 11 is 5.54. The van der Waals surface area contributed by atoms with Crippen molar-refractivity contribution in [2.24, 2.45) is 11.5 Å². The smallest absolute Gasteiger partial charge is 0.303 e. The second-order valence-corrected chi connectivity index (χ2v) is 2.93. The zero-order valence-electron chi connectivity index (χ0n) is 8.98. The lowest BCUT2D eigenvalue weighted by Crippen LogP contribution is -2.20. The van der Waals surface area contributed by atoms with Gasteiger partial charge in [0, 0.05) is 11.4 Å². The van der Waals surface area contributed by atoms with E-state index < -0.39 is 5.97 Å². The molecule has 16 heavy (non-hydrogen) atoms. The third-order valence-electron chi connectivity index (χ3n) is 1.04. The molecule has 0 aromatic heterocycles. The summed E-state index contributed by atoms with van der Waals surface area (Å²) in [6.07, 6.45) is 0.222. The minimum atomic E-state index is -0.745. The summed E-state index contributed by atoms with van der Waals surface area (Å²) in [6, 6.07) is 9.44. The fourth-order valence-electron chi connectivity index (χ4n) is 0.415. The van der Waals surface area contributed by atoms with Crippen molar-refractivity contribution in [3.05, 3.63) is 35.4 Å². The van der Waals surface area contributed by atoms with Gasteiger partial charge < -0.3 is 16.6 Å². The Morgan fingerprint density at radius 1 is 1.38 bits per heavy atom. The van der Waals surface area contributed by atoms with E-state index in [4.69, 9.17) is 22.1 Å². The quantitative estimate of drug-likeness (QED) is 0.445. The van der Waals surface area contributed by atoms with Gasteiger partial charge in [0.1, 0.15) is 0 Å². The molecule has 0 unspecified atom stereocenters. The molecular formula is C10H16ClN3O2. The van der Waals surface area contributed by atoms with E-state index in [1.165, 1.54) is 0 Å². The van der Waals surface area contributed by atoms with Crippen molar-refractivity contribution in [2.75, 3.05) is 0 Å². The Balaban J connectivity index is 0. The van der Waals surface area contributed by atoms with E-state index in [0.29, 0.717) is 0 Å². The number of carboxylic acids is 1. The van der Waals surface area contributed by atoms with Crippen LogP contribution in [0.1, 0.15) is 13.3 Å². The zero-order valence-corrected chi connectivity index (χ0v) is 9.74. The molecule has 0 saturated heterocycles. The number of guanidine groups is 1. The zero-order chi connectivity index (χ0) is 13.0. The molecule has 0 aliphatic carbocycles. The Morgan fingerprint density at radius 2 is 1.69 bits per heavy atom. The highest BCUT2D eigenvalue weighted by molar-refractivity contribution is 6.30. The van der Waals surface area contributed by atoms with Crippen LogP contribution in [0.2, 0.25) is 5.02 Å². The predicted octanol–water partition coefficient (Wildman–Crippen LogP) is 1.66. The number of carboxylic acid groups (broad SMARTS) is 1. The lowest BCUT2D eigenvalue weighted by atomic mass is 10.4.